The average Bonchev–Trinajstić information content (AvgIpc) is 3.09. The minimum absolute atomic E-state index is 0.0531. The summed E-state index contributed by atoms with van der Waals surface area (Å²) >= 11 is 0. The number of aryl methyl sites for hydroxylation is 1. The monoisotopic (exact) mass is 338 g/mol. The van der Waals surface area contributed by atoms with E-state index < -0.39 is 12.0 Å². The minimum Gasteiger partial charge on any atom is -0.469 e. The number of hydrogen-bond donors (Lipinski definition) is 2. The van der Waals surface area contributed by atoms with Crippen molar-refractivity contribution in [2.45, 2.75) is 19.4 Å². The number of rotatable bonds is 5. The van der Waals surface area contributed by atoms with Crippen LogP contribution in [-0.4, -0.2) is 34.4 Å². The second-order valence-electron chi connectivity index (χ2n) is 5.74. The molecule has 1 unspecified atom stereocenters. The molecule has 128 valence electrons. The van der Waals surface area contributed by atoms with Gasteiger partial charge in [-0.3, -0.25) is 9.59 Å². The van der Waals surface area contributed by atoms with E-state index in [1.807, 2.05) is 31.2 Å². The van der Waals surface area contributed by atoms with E-state index in [4.69, 9.17) is 4.74 Å². The highest BCUT2D eigenvalue weighted by Crippen LogP contribution is 2.20. The molecule has 2 N–H and O–H groups in total. The summed E-state index contributed by atoms with van der Waals surface area (Å²) < 4.78 is 4.75. The highest BCUT2D eigenvalue weighted by molar-refractivity contribution is 5.97. The second kappa shape index (κ2) is 7.12. The van der Waals surface area contributed by atoms with E-state index in [2.05, 4.69) is 20.7 Å². The number of amides is 1. The SMILES string of the molecule is COC(=O)CC(NC(=O)c1ccc2n[nH]nc2c1)c1ccc(C)cc1. The van der Waals surface area contributed by atoms with Gasteiger partial charge in [-0.2, -0.15) is 15.4 Å². The number of H-pyrrole nitrogens is 1. The van der Waals surface area contributed by atoms with Crippen LogP contribution in [0, 0.1) is 6.92 Å². The molecule has 3 rings (SSSR count). The second-order valence-corrected chi connectivity index (χ2v) is 5.74. The van der Waals surface area contributed by atoms with Crippen molar-refractivity contribution in [2.24, 2.45) is 0 Å². The van der Waals surface area contributed by atoms with Crippen molar-refractivity contribution < 1.29 is 14.3 Å². The number of ether oxygens (including phenoxy) is 1. The van der Waals surface area contributed by atoms with E-state index in [0.29, 0.717) is 16.6 Å². The molecule has 1 heterocycles. The Hall–Kier alpha value is -3.22. The maximum atomic E-state index is 12.6. The third kappa shape index (κ3) is 3.82. The highest BCUT2D eigenvalue weighted by atomic mass is 16.5. The van der Waals surface area contributed by atoms with Gasteiger partial charge in [0.2, 0.25) is 0 Å². The molecule has 7 heteroatoms. The van der Waals surface area contributed by atoms with Gasteiger partial charge >= 0.3 is 5.97 Å². The molecular formula is C18H18N4O3. The van der Waals surface area contributed by atoms with Gasteiger partial charge in [-0.15, -0.1) is 0 Å². The quantitative estimate of drug-likeness (QED) is 0.696. The Morgan fingerprint density at radius 2 is 1.84 bits per heavy atom. The smallest absolute Gasteiger partial charge is 0.307 e. The number of nitrogens with zero attached hydrogens (tertiary/aromatic N) is 2. The largest absolute Gasteiger partial charge is 0.469 e. The van der Waals surface area contributed by atoms with Crippen LogP contribution in [0.15, 0.2) is 42.5 Å². The first-order chi connectivity index (χ1) is 12.1. The third-order valence-electron chi connectivity index (χ3n) is 3.96. The summed E-state index contributed by atoms with van der Waals surface area (Å²) in [5.74, 6) is -0.683. The lowest BCUT2D eigenvalue weighted by Gasteiger charge is -2.18. The first-order valence-corrected chi connectivity index (χ1v) is 7.81. The Balaban J connectivity index is 1.83. The molecule has 1 aromatic heterocycles. The highest BCUT2D eigenvalue weighted by Gasteiger charge is 2.20. The number of methoxy groups -OCH3 is 1. The summed E-state index contributed by atoms with van der Waals surface area (Å²) in [6.45, 7) is 1.98. The Morgan fingerprint density at radius 1 is 1.12 bits per heavy atom. The number of esters is 1. The van der Waals surface area contributed by atoms with Crippen LogP contribution in [0.25, 0.3) is 11.0 Å². The van der Waals surface area contributed by atoms with E-state index in [1.165, 1.54) is 7.11 Å². The Labute approximate surface area is 144 Å². The molecule has 0 aliphatic heterocycles. The van der Waals surface area contributed by atoms with Gasteiger partial charge in [0.05, 0.1) is 19.6 Å². The maximum absolute atomic E-state index is 12.6. The molecule has 0 radical (unpaired) electrons. The molecule has 0 bridgehead atoms. The van der Waals surface area contributed by atoms with Crippen LogP contribution >= 0.6 is 0 Å². The summed E-state index contributed by atoms with van der Waals surface area (Å²) in [4.78, 5) is 24.3. The maximum Gasteiger partial charge on any atom is 0.307 e. The van der Waals surface area contributed by atoms with Gasteiger partial charge in [0.15, 0.2) is 0 Å². The van der Waals surface area contributed by atoms with E-state index in [1.54, 1.807) is 18.2 Å². The van der Waals surface area contributed by atoms with Crippen LogP contribution in [-0.2, 0) is 9.53 Å². The van der Waals surface area contributed by atoms with Crippen molar-refractivity contribution in [2.75, 3.05) is 7.11 Å². The summed E-state index contributed by atoms with van der Waals surface area (Å²) in [5.41, 5.74) is 3.67. The summed E-state index contributed by atoms with van der Waals surface area (Å²) in [6.07, 6.45) is 0.0531. The number of carbonyl (C=O) groups excluding carboxylic acids is 2. The fraction of sp³-hybridized carbons (Fsp3) is 0.222. The minimum atomic E-state index is -0.478. The van der Waals surface area contributed by atoms with Gasteiger partial charge in [-0.05, 0) is 30.7 Å². The number of carbonyl (C=O) groups is 2. The molecular weight excluding hydrogens is 320 g/mol. The molecule has 1 atom stereocenters. The third-order valence-corrected chi connectivity index (χ3v) is 3.96. The molecule has 0 aliphatic carbocycles. The number of hydrogen-bond acceptors (Lipinski definition) is 5. The van der Waals surface area contributed by atoms with Crippen LogP contribution in [0.1, 0.15) is 33.9 Å². The van der Waals surface area contributed by atoms with Crippen molar-refractivity contribution >= 4 is 22.9 Å². The predicted molar refractivity (Wildman–Crippen MR) is 91.9 cm³/mol. The van der Waals surface area contributed by atoms with Crippen LogP contribution in [0.4, 0.5) is 0 Å². The number of aromatic nitrogens is 3. The lowest BCUT2D eigenvalue weighted by atomic mass is 10.0. The topological polar surface area (TPSA) is 97.0 Å². The van der Waals surface area contributed by atoms with Crippen molar-refractivity contribution in [1.29, 1.82) is 0 Å². The normalized spacial score (nSPS) is 11.9. The van der Waals surface area contributed by atoms with Crippen LogP contribution in [0.5, 0.6) is 0 Å². The van der Waals surface area contributed by atoms with Crippen LogP contribution in [0.3, 0.4) is 0 Å². The Bertz CT molecular complexity index is 902. The standard InChI is InChI=1S/C18H18N4O3/c1-11-3-5-12(6-4-11)15(10-17(23)25-2)19-18(24)13-7-8-14-16(9-13)21-22-20-14/h3-9,15H,10H2,1-2H3,(H,19,24)(H,20,21,22). The van der Waals surface area contributed by atoms with E-state index in [9.17, 15) is 9.59 Å². The molecule has 2 aromatic carbocycles. The Kier molecular flexibility index (Phi) is 4.74. The van der Waals surface area contributed by atoms with E-state index in [-0.39, 0.29) is 12.3 Å². The van der Waals surface area contributed by atoms with Gasteiger partial charge in [0, 0.05) is 5.56 Å². The van der Waals surface area contributed by atoms with Crippen LogP contribution in [0.2, 0.25) is 0 Å². The van der Waals surface area contributed by atoms with Crippen molar-refractivity contribution in [1.82, 2.24) is 20.7 Å². The van der Waals surface area contributed by atoms with Gasteiger partial charge in [-0.1, -0.05) is 29.8 Å². The van der Waals surface area contributed by atoms with Gasteiger partial charge in [0.1, 0.15) is 11.0 Å². The zero-order valence-corrected chi connectivity index (χ0v) is 13.9. The first-order valence-electron chi connectivity index (χ1n) is 7.81. The lowest BCUT2D eigenvalue weighted by Crippen LogP contribution is -2.30. The lowest BCUT2D eigenvalue weighted by molar-refractivity contribution is -0.141. The molecule has 7 nitrogen and oxygen atoms in total. The van der Waals surface area contributed by atoms with Crippen LogP contribution < -0.4 is 5.32 Å². The summed E-state index contributed by atoms with van der Waals surface area (Å²) in [5, 5.41) is 13.3. The molecule has 3 aromatic rings. The van der Waals surface area contributed by atoms with E-state index >= 15 is 0 Å². The average molecular weight is 338 g/mol. The van der Waals surface area contributed by atoms with Crippen molar-refractivity contribution in [3.63, 3.8) is 0 Å². The summed E-state index contributed by atoms with van der Waals surface area (Å²) in [7, 11) is 1.33. The molecule has 0 fully saturated rings. The first kappa shape index (κ1) is 16.6. The van der Waals surface area contributed by atoms with Crippen molar-refractivity contribution in [3.05, 3.63) is 59.2 Å². The van der Waals surface area contributed by atoms with Crippen molar-refractivity contribution in [3.8, 4) is 0 Å². The molecule has 1 amide bonds. The summed E-state index contributed by atoms with van der Waals surface area (Å²) in [6, 6.07) is 12.2. The zero-order chi connectivity index (χ0) is 17.8. The molecule has 0 spiro atoms. The van der Waals surface area contributed by atoms with Gasteiger partial charge in [-0.25, -0.2) is 0 Å². The number of nitrogens with one attached hydrogen (secondary N) is 2. The predicted octanol–water partition coefficient (Wildman–Crippen LogP) is 2.30. The van der Waals surface area contributed by atoms with E-state index in [0.717, 1.165) is 11.1 Å². The molecule has 0 aliphatic rings. The molecule has 25 heavy (non-hydrogen) atoms. The molecule has 0 saturated heterocycles. The number of fused-ring (bicyclic) bond motifs is 1. The number of aromatic amines is 1. The molecule has 0 saturated carbocycles. The van der Waals surface area contributed by atoms with Gasteiger partial charge < -0.3 is 10.1 Å². The number of benzene rings is 2. The fourth-order valence-corrected chi connectivity index (χ4v) is 2.52. The fourth-order valence-electron chi connectivity index (χ4n) is 2.52. The Morgan fingerprint density at radius 3 is 2.56 bits per heavy atom. The van der Waals surface area contributed by atoms with Gasteiger partial charge in [0.25, 0.3) is 5.91 Å². The zero-order valence-electron chi connectivity index (χ0n) is 13.9.